The van der Waals surface area contributed by atoms with E-state index in [1.165, 1.54) is 24.3 Å². The molecule has 0 spiro atoms. The summed E-state index contributed by atoms with van der Waals surface area (Å²) in [6.07, 6.45) is 0. The van der Waals surface area contributed by atoms with Crippen molar-refractivity contribution in [3.05, 3.63) is 63.7 Å². The summed E-state index contributed by atoms with van der Waals surface area (Å²) in [6.45, 7) is 1.68. The highest BCUT2D eigenvalue weighted by atomic mass is 32.1. The van der Waals surface area contributed by atoms with Crippen molar-refractivity contribution in [2.75, 3.05) is 10.6 Å². The fourth-order valence-electron chi connectivity index (χ4n) is 1.77. The SMILES string of the molecule is Cc1cc([N+](=O)[O-])ccc1NC(=S)Nc1ccc(F)cc1F. The molecule has 0 aliphatic rings. The predicted octanol–water partition coefficient (Wildman–Crippen LogP) is 3.99. The Bertz CT molecular complexity index is 753. The van der Waals surface area contributed by atoms with E-state index in [2.05, 4.69) is 10.6 Å². The molecule has 22 heavy (non-hydrogen) atoms. The van der Waals surface area contributed by atoms with Gasteiger partial charge in [0.2, 0.25) is 0 Å². The third kappa shape index (κ3) is 3.73. The second-order valence-electron chi connectivity index (χ2n) is 4.46. The number of thiocarbonyl (C=S) groups is 1. The molecule has 0 heterocycles. The van der Waals surface area contributed by atoms with Gasteiger partial charge in [-0.3, -0.25) is 10.1 Å². The van der Waals surface area contributed by atoms with Gasteiger partial charge in [0.05, 0.1) is 10.6 Å². The van der Waals surface area contributed by atoms with Gasteiger partial charge in [-0.25, -0.2) is 8.78 Å². The van der Waals surface area contributed by atoms with Gasteiger partial charge in [-0.15, -0.1) is 0 Å². The van der Waals surface area contributed by atoms with Crippen molar-refractivity contribution in [3.63, 3.8) is 0 Å². The molecule has 2 rings (SSSR count). The van der Waals surface area contributed by atoms with E-state index >= 15 is 0 Å². The van der Waals surface area contributed by atoms with Gasteiger partial charge in [0.25, 0.3) is 5.69 Å². The van der Waals surface area contributed by atoms with E-state index in [1.807, 2.05) is 0 Å². The Balaban J connectivity index is 2.10. The highest BCUT2D eigenvalue weighted by molar-refractivity contribution is 7.80. The number of nitrogens with one attached hydrogen (secondary N) is 2. The molecule has 2 N–H and O–H groups in total. The van der Waals surface area contributed by atoms with Gasteiger partial charge in [0, 0.05) is 23.9 Å². The van der Waals surface area contributed by atoms with Crippen molar-refractivity contribution in [2.45, 2.75) is 6.92 Å². The van der Waals surface area contributed by atoms with Crippen molar-refractivity contribution in [3.8, 4) is 0 Å². The first-order valence-electron chi connectivity index (χ1n) is 6.15. The minimum absolute atomic E-state index is 0.0264. The fraction of sp³-hybridized carbons (Fsp3) is 0.0714. The first-order chi connectivity index (χ1) is 10.4. The van der Waals surface area contributed by atoms with E-state index in [0.717, 1.165) is 12.1 Å². The monoisotopic (exact) mass is 323 g/mol. The average Bonchev–Trinajstić information content (AvgIpc) is 2.44. The Morgan fingerprint density at radius 1 is 1.14 bits per heavy atom. The zero-order chi connectivity index (χ0) is 16.3. The van der Waals surface area contributed by atoms with E-state index in [4.69, 9.17) is 12.2 Å². The molecule has 0 amide bonds. The molecule has 0 saturated heterocycles. The van der Waals surface area contributed by atoms with Gasteiger partial charge in [0.15, 0.2) is 5.11 Å². The van der Waals surface area contributed by atoms with Gasteiger partial charge in [-0.2, -0.15) is 0 Å². The maximum Gasteiger partial charge on any atom is 0.269 e. The molecule has 0 saturated carbocycles. The van der Waals surface area contributed by atoms with Crippen LogP contribution in [-0.4, -0.2) is 10.0 Å². The molecule has 0 unspecified atom stereocenters. The molecule has 0 aromatic heterocycles. The van der Waals surface area contributed by atoms with Crippen molar-refractivity contribution in [1.29, 1.82) is 0 Å². The van der Waals surface area contributed by atoms with Crippen molar-refractivity contribution < 1.29 is 13.7 Å². The topological polar surface area (TPSA) is 67.2 Å². The maximum atomic E-state index is 13.5. The fourth-order valence-corrected chi connectivity index (χ4v) is 1.99. The van der Waals surface area contributed by atoms with E-state index in [0.29, 0.717) is 11.3 Å². The summed E-state index contributed by atoms with van der Waals surface area (Å²) in [5.74, 6) is -1.46. The number of benzene rings is 2. The second-order valence-corrected chi connectivity index (χ2v) is 4.87. The lowest BCUT2D eigenvalue weighted by molar-refractivity contribution is -0.384. The summed E-state index contributed by atoms with van der Waals surface area (Å²) in [5, 5.41) is 16.2. The Kier molecular flexibility index (Phi) is 4.62. The summed E-state index contributed by atoms with van der Waals surface area (Å²) < 4.78 is 26.3. The Labute approximate surface area is 130 Å². The van der Waals surface area contributed by atoms with Crippen LogP contribution in [0.5, 0.6) is 0 Å². The molecular formula is C14H11F2N3O2S. The minimum atomic E-state index is -0.774. The van der Waals surface area contributed by atoms with Crippen molar-refractivity contribution in [1.82, 2.24) is 0 Å². The van der Waals surface area contributed by atoms with Gasteiger partial charge in [-0.1, -0.05) is 0 Å². The molecule has 5 nitrogen and oxygen atoms in total. The van der Waals surface area contributed by atoms with E-state index in [9.17, 15) is 18.9 Å². The number of hydrogen-bond acceptors (Lipinski definition) is 3. The zero-order valence-corrected chi connectivity index (χ0v) is 12.2. The lowest BCUT2D eigenvalue weighted by Crippen LogP contribution is -2.20. The third-order valence-electron chi connectivity index (χ3n) is 2.85. The normalized spacial score (nSPS) is 10.1. The van der Waals surface area contributed by atoms with Crippen LogP contribution in [-0.2, 0) is 0 Å². The number of rotatable bonds is 3. The molecule has 0 atom stereocenters. The smallest absolute Gasteiger partial charge is 0.269 e. The maximum absolute atomic E-state index is 13.5. The number of non-ortho nitro benzene ring substituents is 1. The number of nitro benzene ring substituents is 1. The summed E-state index contributed by atoms with van der Waals surface area (Å²) in [4.78, 5) is 10.2. The number of anilines is 2. The Morgan fingerprint density at radius 3 is 2.36 bits per heavy atom. The van der Waals surface area contributed by atoms with Crippen LogP contribution in [0.1, 0.15) is 5.56 Å². The molecular weight excluding hydrogens is 312 g/mol. The molecule has 8 heteroatoms. The van der Waals surface area contributed by atoms with Crippen molar-refractivity contribution in [2.24, 2.45) is 0 Å². The molecule has 0 aliphatic carbocycles. The average molecular weight is 323 g/mol. The van der Waals surface area contributed by atoms with E-state index in [-0.39, 0.29) is 16.5 Å². The summed E-state index contributed by atoms with van der Waals surface area (Å²) in [5.41, 5.74) is 1.15. The van der Waals surface area contributed by atoms with Crippen LogP contribution >= 0.6 is 12.2 Å². The van der Waals surface area contributed by atoms with Crippen LogP contribution in [0.15, 0.2) is 36.4 Å². The van der Waals surface area contributed by atoms with Gasteiger partial charge >= 0.3 is 0 Å². The Morgan fingerprint density at radius 2 is 1.77 bits per heavy atom. The largest absolute Gasteiger partial charge is 0.332 e. The molecule has 2 aromatic rings. The van der Waals surface area contributed by atoms with E-state index in [1.54, 1.807) is 6.92 Å². The van der Waals surface area contributed by atoms with E-state index < -0.39 is 16.6 Å². The number of nitrogens with zero attached hydrogens (tertiary/aromatic N) is 1. The first-order valence-corrected chi connectivity index (χ1v) is 6.56. The highest BCUT2D eigenvalue weighted by Gasteiger charge is 2.10. The second kappa shape index (κ2) is 6.44. The summed E-state index contributed by atoms with van der Waals surface area (Å²) >= 11 is 5.04. The number of aryl methyl sites for hydroxylation is 1. The van der Waals surface area contributed by atoms with Gasteiger partial charge < -0.3 is 10.6 Å². The number of hydrogen-bond donors (Lipinski definition) is 2. The van der Waals surface area contributed by atoms with Crippen LogP contribution in [0.2, 0.25) is 0 Å². The van der Waals surface area contributed by atoms with Crippen LogP contribution in [0.4, 0.5) is 25.8 Å². The molecule has 0 radical (unpaired) electrons. The molecule has 0 aliphatic heterocycles. The first kappa shape index (κ1) is 15.8. The molecule has 114 valence electrons. The molecule has 0 bridgehead atoms. The van der Waals surface area contributed by atoms with Crippen LogP contribution in [0.25, 0.3) is 0 Å². The lowest BCUT2D eigenvalue weighted by Gasteiger charge is -2.13. The van der Waals surface area contributed by atoms with Gasteiger partial charge in [-0.05, 0) is 42.9 Å². The lowest BCUT2D eigenvalue weighted by atomic mass is 10.2. The summed E-state index contributed by atoms with van der Waals surface area (Å²) in [6, 6.07) is 7.29. The van der Waals surface area contributed by atoms with Crippen LogP contribution < -0.4 is 10.6 Å². The quantitative estimate of drug-likeness (QED) is 0.508. The molecule has 2 aromatic carbocycles. The van der Waals surface area contributed by atoms with Crippen molar-refractivity contribution >= 4 is 34.4 Å². The third-order valence-corrected chi connectivity index (χ3v) is 3.05. The zero-order valence-electron chi connectivity index (χ0n) is 11.4. The minimum Gasteiger partial charge on any atom is -0.332 e. The predicted molar refractivity (Wildman–Crippen MR) is 84.0 cm³/mol. The van der Waals surface area contributed by atoms with Gasteiger partial charge in [0.1, 0.15) is 11.6 Å². The highest BCUT2D eigenvalue weighted by Crippen LogP contribution is 2.22. The van der Waals surface area contributed by atoms with Crippen LogP contribution in [0.3, 0.4) is 0 Å². The number of nitro groups is 1. The molecule has 0 fully saturated rings. The Hall–Kier alpha value is -2.61. The van der Waals surface area contributed by atoms with Crippen LogP contribution in [0, 0.1) is 28.7 Å². The number of halogens is 2. The standard InChI is InChI=1S/C14H11F2N3O2S/c1-8-6-10(19(20)21)3-5-12(8)17-14(22)18-13-4-2-9(15)7-11(13)16/h2-7H,1H3,(H2,17,18,22). The summed E-state index contributed by atoms with van der Waals surface area (Å²) in [7, 11) is 0.